The lowest BCUT2D eigenvalue weighted by Crippen LogP contribution is -2.08. The number of aromatic amines is 1. The van der Waals surface area contributed by atoms with Gasteiger partial charge < -0.3 is 10.4 Å². The molecule has 150 valence electrons. The highest BCUT2D eigenvalue weighted by atomic mass is 32.1. The van der Waals surface area contributed by atoms with Crippen LogP contribution in [0.25, 0.3) is 10.2 Å². The zero-order chi connectivity index (χ0) is 20.8. The molecule has 0 amide bonds. The average molecular weight is 412 g/mol. The molecule has 1 unspecified atom stereocenters. The van der Waals surface area contributed by atoms with Crippen LogP contribution < -0.4 is 5.32 Å². The highest BCUT2D eigenvalue weighted by Gasteiger charge is 2.23. The normalized spacial score (nSPS) is 13.0. The van der Waals surface area contributed by atoms with E-state index in [4.69, 9.17) is 0 Å². The van der Waals surface area contributed by atoms with Crippen LogP contribution in [0, 0.1) is 12.7 Å². The Morgan fingerprint density at radius 2 is 1.86 bits per heavy atom. The zero-order valence-electron chi connectivity index (χ0n) is 16.6. The molecule has 6 nitrogen and oxygen atoms in total. The van der Waals surface area contributed by atoms with E-state index in [1.165, 1.54) is 24.3 Å². The Labute approximate surface area is 171 Å². The second kappa shape index (κ2) is 7.20. The summed E-state index contributed by atoms with van der Waals surface area (Å²) in [7, 11) is 0. The van der Waals surface area contributed by atoms with Crippen LogP contribution in [0.5, 0.6) is 0 Å². The maximum absolute atomic E-state index is 13.3. The highest BCUT2D eigenvalue weighted by Crippen LogP contribution is 2.38. The summed E-state index contributed by atoms with van der Waals surface area (Å²) in [6, 6.07) is 9.60. The molecule has 0 fully saturated rings. The van der Waals surface area contributed by atoms with E-state index in [1.807, 2.05) is 19.1 Å². The van der Waals surface area contributed by atoms with E-state index >= 15 is 0 Å². The maximum atomic E-state index is 13.3. The third-order valence-electron chi connectivity index (χ3n) is 4.51. The second-order valence-corrected chi connectivity index (χ2v) is 9.07. The van der Waals surface area contributed by atoms with Crippen molar-refractivity contribution >= 4 is 33.2 Å². The Kier molecular flexibility index (Phi) is 4.84. The first-order valence-electron chi connectivity index (χ1n) is 9.25. The fourth-order valence-electron chi connectivity index (χ4n) is 2.92. The van der Waals surface area contributed by atoms with Crippen LogP contribution in [0.1, 0.15) is 48.8 Å². The molecule has 0 radical (unpaired) electrons. The van der Waals surface area contributed by atoms with E-state index in [0.717, 1.165) is 20.8 Å². The molecule has 8 heteroatoms. The summed E-state index contributed by atoms with van der Waals surface area (Å²) in [5, 5.41) is 21.2. The molecule has 0 bridgehead atoms. The van der Waals surface area contributed by atoms with Gasteiger partial charge in [0.05, 0.1) is 10.2 Å². The lowest BCUT2D eigenvalue weighted by Gasteiger charge is -2.14. The summed E-state index contributed by atoms with van der Waals surface area (Å²) in [6.45, 7) is 8.34. The maximum Gasteiger partial charge on any atom is 0.164 e. The number of aromatic nitrogens is 4. The molecular formula is C21H22FN5OS. The summed E-state index contributed by atoms with van der Waals surface area (Å²) in [5.74, 6) is 1.10. The number of hydrogen-bond acceptors (Lipinski definition) is 6. The number of fused-ring (bicyclic) bond motifs is 1. The Hall–Kier alpha value is -2.84. The minimum Gasteiger partial charge on any atom is -0.380 e. The number of benzene rings is 1. The van der Waals surface area contributed by atoms with Crippen LogP contribution in [-0.4, -0.2) is 25.3 Å². The number of aliphatic hydroxyl groups is 1. The van der Waals surface area contributed by atoms with Crippen LogP contribution in [-0.2, 0) is 5.41 Å². The summed E-state index contributed by atoms with van der Waals surface area (Å²) in [4.78, 5) is 10.4. The molecule has 0 aliphatic heterocycles. The SMILES string of the molecule is Cc1cc(Nc2nc(C(O)c3ccc(F)cc3)nc3cc(C(C)(C)C)sc23)n[nH]1. The number of thiophene rings is 1. The van der Waals surface area contributed by atoms with Gasteiger partial charge in [-0.05, 0) is 36.1 Å². The summed E-state index contributed by atoms with van der Waals surface area (Å²) in [5.41, 5.74) is 2.16. The molecule has 0 aliphatic carbocycles. The van der Waals surface area contributed by atoms with Gasteiger partial charge in [-0.25, -0.2) is 14.4 Å². The molecule has 0 saturated heterocycles. The molecule has 3 N–H and O–H groups in total. The van der Waals surface area contributed by atoms with E-state index < -0.39 is 6.10 Å². The minimum atomic E-state index is -1.07. The quantitative estimate of drug-likeness (QED) is 0.441. The molecule has 0 aliphatic rings. The van der Waals surface area contributed by atoms with Gasteiger partial charge in [0.2, 0.25) is 0 Å². The van der Waals surface area contributed by atoms with Crippen molar-refractivity contribution in [2.75, 3.05) is 5.32 Å². The van der Waals surface area contributed by atoms with Gasteiger partial charge in [0.15, 0.2) is 17.5 Å². The number of H-pyrrole nitrogens is 1. The molecule has 1 aromatic carbocycles. The molecular weight excluding hydrogens is 389 g/mol. The van der Waals surface area contributed by atoms with Crippen molar-refractivity contribution in [3.05, 3.63) is 64.2 Å². The fourth-order valence-corrected chi connectivity index (χ4v) is 4.02. The molecule has 0 saturated carbocycles. The van der Waals surface area contributed by atoms with Crippen molar-refractivity contribution in [1.82, 2.24) is 20.2 Å². The molecule has 3 heterocycles. The van der Waals surface area contributed by atoms with Crippen molar-refractivity contribution in [2.45, 2.75) is 39.2 Å². The number of rotatable bonds is 4. The smallest absolute Gasteiger partial charge is 0.164 e. The van der Waals surface area contributed by atoms with E-state index in [9.17, 15) is 9.50 Å². The van der Waals surface area contributed by atoms with Crippen molar-refractivity contribution in [3.8, 4) is 0 Å². The Morgan fingerprint density at radius 3 is 2.48 bits per heavy atom. The third-order valence-corrected chi connectivity index (χ3v) is 6.07. The van der Waals surface area contributed by atoms with E-state index in [0.29, 0.717) is 17.2 Å². The van der Waals surface area contributed by atoms with Crippen LogP contribution in [0.3, 0.4) is 0 Å². The van der Waals surface area contributed by atoms with Crippen molar-refractivity contribution in [2.24, 2.45) is 0 Å². The number of nitrogens with zero attached hydrogens (tertiary/aromatic N) is 3. The molecule has 4 aromatic rings. The van der Waals surface area contributed by atoms with Gasteiger partial charge in [0.1, 0.15) is 11.9 Å². The number of halogens is 1. The van der Waals surface area contributed by atoms with Crippen molar-refractivity contribution in [1.29, 1.82) is 0 Å². The number of hydrogen-bond donors (Lipinski definition) is 3. The summed E-state index contributed by atoms with van der Waals surface area (Å²) >= 11 is 1.62. The predicted molar refractivity (Wildman–Crippen MR) is 113 cm³/mol. The molecule has 1 atom stereocenters. The van der Waals surface area contributed by atoms with Crippen LogP contribution in [0.4, 0.5) is 16.0 Å². The number of nitrogens with one attached hydrogen (secondary N) is 2. The lowest BCUT2D eigenvalue weighted by atomic mass is 9.95. The molecule has 4 rings (SSSR count). The van der Waals surface area contributed by atoms with Crippen LogP contribution >= 0.6 is 11.3 Å². The zero-order valence-corrected chi connectivity index (χ0v) is 17.4. The second-order valence-electron chi connectivity index (χ2n) is 8.02. The minimum absolute atomic E-state index is 0.0404. The Bertz CT molecular complexity index is 1160. The van der Waals surface area contributed by atoms with Crippen LogP contribution in [0.15, 0.2) is 36.4 Å². The number of anilines is 2. The molecule has 3 aromatic heterocycles. The lowest BCUT2D eigenvalue weighted by molar-refractivity contribution is 0.210. The predicted octanol–water partition coefficient (Wildman–Crippen LogP) is 4.98. The topological polar surface area (TPSA) is 86.7 Å². The monoisotopic (exact) mass is 411 g/mol. The average Bonchev–Trinajstić information content (AvgIpc) is 3.27. The first-order chi connectivity index (χ1) is 13.7. The van der Waals surface area contributed by atoms with Gasteiger partial charge in [0, 0.05) is 16.6 Å². The number of aliphatic hydroxyl groups excluding tert-OH is 1. The largest absolute Gasteiger partial charge is 0.380 e. The van der Waals surface area contributed by atoms with Gasteiger partial charge >= 0.3 is 0 Å². The van der Waals surface area contributed by atoms with Gasteiger partial charge in [-0.2, -0.15) is 5.10 Å². The van der Waals surface area contributed by atoms with E-state index in [1.54, 1.807) is 11.3 Å². The standard InChI is InChI=1S/C21H22FN5OS/c1-11-9-16(27-26-11)24-20-18-14(10-15(29-18)21(2,3)4)23-19(25-20)17(28)12-5-7-13(22)8-6-12/h5-10,17,28H,1-4H3,(H2,23,24,25,26,27). The Balaban J connectivity index is 1.83. The van der Waals surface area contributed by atoms with Gasteiger partial charge in [0.25, 0.3) is 0 Å². The van der Waals surface area contributed by atoms with Gasteiger partial charge in [-0.3, -0.25) is 5.10 Å². The van der Waals surface area contributed by atoms with Crippen molar-refractivity contribution < 1.29 is 9.50 Å². The first-order valence-corrected chi connectivity index (χ1v) is 10.1. The fraction of sp³-hybridized carbons (Fsp3) is 0.286. The Morgan fingerprint density at radius 1 is 1.14 bits per heavy atom. The van der Waals surface area contributed by atoms with Gasteiger partial charge in [-0.15, -0.1) is 11.3 Å². The third kappa shape index (κ3) is 3.99. The summed E-state index contributed by atoms with van der Waals surface area (Å²) < 4.78 is 14.1. The number of aryl methyl sites for hydroxylation is 1. The van der Waals surface area contributed by atoms with E-state index in [2.05, 4.69) is 46.3 Å². The van der Waals surface area contributed by atoms with Crippen LogP contribution in [0.2, 0.25) is 0 Å². The van der Waals surface area contributed by atoms with Crippen molar-refractivity contribution in [3.63, 3.8) is 0 Å². The van der Waals surface area contributed by atoms with Gasteiger partial charge in [-0.1, -0.05) is 32.9 Å². The van der Waals surface area contributed by atoms with E-state index in [-0.39, 0.29) is 17.1 Å². The first kappa shape index (κ1) is 19.5. The highest BCUT2D eigenvalue weighted by molar-refractivity contribution is 7.19. The summed E-state index contributed by atoms with van der Waals surface area (Å²) in [6.07, 6.45) is -1.07. The molecule has 0 spiro atoms. The molecule has 29 heavy (non-hydrogen) atoms.